The Morgan fingerprint density at radius 2 is 2.29 bits per heavy atom. The van der Waals surface area contributed by atoms with Crippen molar-refractivity contribution < 1.29 is 5.11 Å². The van der Waals surface area contributed by atoms with Crippen LogP contribution in [0, 0.1) is 0 Å². The first-order valence-electron chi connectivity index (χ1n) is 4.86. The SMILES string of the molecule is CC1(O)CCN(Cc2csnn2)CC1. The lowest BCUT2D eigenvalue weighted by molar-refractivity contribution is -0.00757. The number of piperidine rings is 1. The lowest BCUT2D eigenvalue weighted by Crippen LogP contribution is -2.42. The molecule has 1 aromatic heterocycles. The maximum atomic E-state index is 9.77. The van der Waals surface area contributed by atoms with Gasteiger partial charge in [0, 0.05) is 25.0 Å². The highest BCUT2D eigenvalue weighted by Gasteiger charge is 2.27. The maximum absolute atomic E-state index is 9.77. The average molecular weight is 213 g/mol. The summed E-state index contributed by atoms with van der Waals surface area (Å²) in [5.74, 6) is 0. The Balaban J connectivity index is 1.85. The van der Waals surface area contributed by atoms with Gasteiger partial charge in [0.25, 0.3) is 0 Å². The second kappa shape index (κ2) is 3.92. The number of rotatable bonds is 2. The molecule has 2 heterocycles. The van der Waals surface area contributed by atoms with Crippen LogP contribution in [0.5, 0.6) is 0 Å². The summed E-state index contributed by atoms with van der Waals surface area (Å²) in [6, 6.07) is 0. The molecule has 1 aromatic rings. The summed E-state index contributed by atoms with van der Waals surface area (Å²) in [6.45, 7) is 4.68. The van der Waals surface area contributed by atoms with Crippen molar-refractivity contribution in [1.29, 1.82) is 0 Å². The van der Waals surface area contributed by atoms with Crippen LogP contribution in [0.4, 0.5) is 0 Å². The van der Waals surface area contributed by atoms with Crippen molar-refractivity contribution in [3.05, 3.63) is 11.1 Å². The van der Waals surface area contributed by atoms with Crippen molar-refractivity contribution in [1.82, 2.24) is 14.5 Å². The quantitative estimate of drug-likeness (QED) is 0.792. The van der Waals surface area contributed by atoms with Crippen molar-refractivity contribution in [2.45, 2.75) is 31.9 Å². The van der Waals surface area contributed by atoms with E-state index in [1.54, 1.807) is 0 Å². The molecule has 1 fully saturated rings. The number of hydrogen-bond acceptors (Lipinski definition) is 5. The lowest BCUT2D eigenvalue weighted by Gasteiger charge is -2.35. The van der Waals surface area contributed by atoms with Gasteiger partial charge in [-0.05, 0) is 31.3 Å². The fourth-order valence-electron chi connectivity index (χ4n) is 1.67. The molecule has 0 atom stereocenters. The van der Waals surface area contributed by atoms with Gasteiger partial charge in [-0.2, -0.15) is 0 Å². The minimum atomic E-state index is -0.461. The van der Waals surface area contributed by atoms with Gasteiger partial charge in [-0.1, -0.05) is 4.49 Å². The Kier molecular flexibility index (Phi) is 2.80. The molecular weight excluding hydrogens is 198 g/mol. The van der Waals surface area contributed by atoms with Crippen LogP contribution in [0.3, 0.4) is 0 Å². The van der Waals surface area contributed by atoms with Crippen LogP contribution in [0.2, 0.25) is 0 Å². The summed E-state index contributed by atoms with van der Waals surface area (Å²) in [4.78, 5) is 2.31. The standard InChI is InChI=1S/C9H15N3OS/c1-9(13)2-4-12(5-3-9)6-8-7-14-11-10-8/h7,13H,2-6H2,1H3. The van der Waals surface area contributed by atoms with Crippen LogP contribution in [0.1, 0.15) is 25.5 Å². The van der Waals surface area contributed by atoms with Gasteiger partial charge in [-0.15, -0.1) is 5.10 Å². The molecule has 0 aromatic carbocycles. The van der Waals surface area contributed by atoms with E-state index in [-0.39, 0.29) is 0 Å². The summed E-state index contributed by atoms with van der Waals surface area (Å²) in [5, 5.41) is 15.8. The zero-order chi connectivity index (χ0) is 10.0. The van der Waals surface area contributed by atoms with E-state index in [0.29, 0.717) is 0 Å². The Morgan fingerprint density at radius 1 is 1.57 bits per heavy atom. The van der Waals surface area contributed by atoms with Crippen molar-refractivity contribution >= 4 is 11.5 Å². The van der Waals surface area contributed by atoms with E-state index >= 15 is 0 Å². The van der Waals surface area contributed by atoms with E-state index in [1.165, 1.54) is 11.5 Å². The third kappa shape index (κ3) is 2.50. The summed E-state index contributed by atoms with van der Waals surface area (Å²) < 4.78 is 3.83. The van der Waals surface area contributed by atoms with Gasteiger partial charge >= 0.3 is 0 Å². The largest absolute Gasteiger partial charge is 0.390 e. The van der Waals surface area contributed by atoms with Crippen LogP contribution in [0.25, 0.3) is 0 Å². The average Bonchev–Trinajstić information content (AvgIpc) is 2.61. The minimum Gasteiger partial charge on any atom is -0.390 e. The number of aliphatic hydroxyl groups is 1. The Hall–Kier alpha value is -0.520. The van der Waals surface area contributed by atoms with E-state index < -0.39 is 5.60 Å². The highest BCUT2D eigenvalue weighted by molar-refractivity contribution is 7.03. The maximum Gasteiger partial charge on any atom is 0.0895 e. The first kappa shape index (κ1) is 10.0. The molecule has 0 amide bonds. The Bertz CT molecular complexity index is 276. The summed E-state index contributed by atoms with van der Waals surface area (Å²) >= 11 is 1.39. The molecule has 0 unspecified atom stereocenters. The molecule has 0 radical (unpaired) electrons. The van der Waals surface area contributed by atoms with E-state index in [9.17, 15) is 5.11 Å². The van der Waals surface area contributed by atoms with Gasteiger partial charge in [-0.25, -0.2) is 0 Å². The van der Waals surface area contributed by atoms with Gasteiger partial charge < -0.3 is 5.11 Å². The zero-order valence-corrected chi connectivity index (χ0v) is 9.13. The van der Waals surface area contributed by atoms with Crippen LogP contribution in [-0.4, -0.2) is 38.3 Å². The van der Waals surface area contributed by atoms with Gasteiger partial charge in [0.05, 0.1) is 11.3 Å². The van der Waals surface area contributed by atoms with E-state index in [2.05, 4.69) is 14.5 Å². The molecule has 4 nitrogen and oxygen atoms in total. The summed E-state index contributed by atoms with van der Waals surface area (Å²) in [6.07, 6.45) is 1.70. The molecular formula is C9H15N3OS. The normalized spacial score (nSPS) is 22.4. The molecule has 1 aliphatic rings. The van der Waals surface area contributed by atoms with Crippen molar-refractivity contribution in [3.63, 3.8) is 0 Å². The summed E-state index contributed by atoms with van der Waals surface area (Å²) in [5.41, 5.74) is 0.577. The van der Waals surface area contributed by atoms with Gasteiger partial charge in [0.1, 0.15) is 0 Å². The molecule has 78 valence electrons. The van der Waals surface area contributed by atoms with Crippen LogP contribution in [0.15, 0.2) is 5.38 Å². The Labute approximate surface area is 87.7 Å². The monoisotopic (exact) mass is 213 g/mol. The molecule has 0 saturated carbocycles. The lowest BCUT2D eigenvalue weighted by atomic mass is 9.94. The first-order valence-corrected chi connectivity index (χ1v) is 5.70. The second-order valence-corrected chi connectivity index (χ2v) is 4.78. The van der Waals surface area contributed by atoms with E-state index in [1.807, 2.05) is 12.3 Å². The first-order chi connectivity index (χ1) is 6.66. The predicted molar refractivity (Wildman–Crippen MR) is 55.0 cm³/mol. The van der Waals surface area contributed by atoms with Crippen molar-refractivity contribution in [2.24, 2.45) is 0 Å². The molecule has 5 heteroatoms. The van der Waals surface area contributed by atoms with E-state index in [4.69, 9.17) is 0 Å². The summed E-state index contributed by atoms with van der Waals surface area (Å²) in [7, 11) is 0. The third-order valence-electron chi connectivity index (χ3n) is 2.72. The van der Waals surface area contributed by atoms with Crippen molar-refractivity contribution in [3.8, 4) is 0 Å². The number of hydrogen-bond donors (Lipinski definition) is 1. The number of aromatic nitrogens is 2. The molecule has 0 spiro atoms. The third-order valence-corrected chi connectivity index (χ3v) is 3.28. The highest BCUT2D eigenvalue weighted by Crippen LogP contribution is 2.21. The Morgan fingerprint density at radius 3 is 2.86 bits per heavy atom. The molecule has 1 aliphatic heterocycles. The zero-order valence-electron chi connectivity index (χ0n) is 8.31. The van der Waals surface area contributed by atoms with Gasteiger partial charge in [-0.3, -0.25) is 4.90 Å². The molecule has 14 heavy (non-hydrogen) atoms. The highest BCUT2D eigenvalue weighted by atomic mass is 32.1. The molecule has 0 bridgehead atoms. The van der Waals surface area contributed by atoms with Crippen LogP contribution in [-0.2, 0) is 6.54 Å². The number of nitrogens with zero attached hydrogens (tertiary/aromatic N) is 3. The fraction of sp³-hybridized carbons (Fsp3) is 0.778. The van der Waals surface area contributed by atoms with Crippen molar-refractivity contribution in [2.75, 3.05) is 13.1 Å². The van der Waals surface area contributed by atoms with Crippen LogP contribution < -0.4 is 0 Å². The topological polar surface area (TPSA) is 49.2 Å². The second-order valence-electron chi connectivity index (χ2n) is 4.17. The molecule has 0 aliphatic carbocycles. The smallest absolute Gasteiger partial charge is 0.0895 e. The van der Waals surface area contributed by atoms with Gasteiger partial charge in [0.15, 0.2) is 0 Å². The number of likely N-dealkylation sites (tertiary alicyclic amines) is 1. The molecule has 1 N–H and O–H groups in total. The predicted octanol–water partition coefficient (Wildman–Crippen LogP) is 0.885. The van der Waals surface area contributed by atoms with E-state index in [0.717, 1.165) is 38.2 Å². The van der Waals surface area contributed by atoms with Crippen LogP contribution >= 0.6 is 11.5 Å². The minimum absolute atomic E-state index is 0.461. The fourth-order valence-corrected chi connectivity index (χ4v) is 2.12. The van der Waals surface area contributed by atoms with Gasteiger partial charge in [0.2, 0.25) is 0 Å². The molecule has 2 rings (SSSR count). The molecule has 1 saturated heterocycles.